The minimum absolute atomic E-state index is 0.736. The van der Waals surface area contributed by atoms with Crippen molar-refractivity contribution in [2.75, 3.05) is 25.1 Å². The van der Waals surface area contributed by atoms with Crippen LogP contribution in [0.5, 0.6) is 0 Å². The third-order valence-corrected chi connectivity index (χ3v) is 2.73. The largest absolute Gasteiger partial charge is 0.375 e. The maximum Gasteiger partial charge on any atom is 0.148 e. The summed E-state index contributed by atoms with van der Waals surface area (Å²) in [7, 11) is 4.26. The number of benzene rings is 1. The summed E-state index contributed by atoms with van der Waals surface area (Å²) >= 11 is 0. The molecule has 0 amide bonds. The first kappa shape index (κ1) is 9.59. The van der Waals surface area contributed by atoms with Crippen LogP contribution >= 0.6 is 0 Å². The third kappa shape index (κ3) is 1.64. The second-order valence-corrected chi connectivity index (χ2v) is 3.61. The van der Waals surface area contributed by atoms with Crippen LogP contribution in [0.4, 0.5) is 5.69 Å². The van der Waals surface area contributed by atoms with Crippen LogP contribution in [-0.4, -0.2) is 27.5 Å². The Hall–Kier alpha value is -0.955. The van der Waals surface area contributed by atoms with Crippen LogP contribution in [0.25, 0.3) is 0 Å². The maximum atomic E-state index is 5.57. The molecule has 0 aromatic heterocycles. The van der Waals surface area contributed by atoms with Crippen molar-refractivity contribution < 1.29 is 4.74 Å². The van der Waals surface area contributed by atoms with Crippen LogP contribution in [0.1, 0.15) is 5.56 Å². The molecule has 1 radical (unpaired) electrons. The second kappa shape index (κ2) is 4.05. The van der Waals surface area contributed by atoms with E-state index in [1.165, 1.54) is 16.7 Å². The molecule has 0 N–H and O–H groups in total. The van der Waals surface area contributed by atoms with Crippen molar-refractivity contribution in [1.82, 2.24) is 0 Å². The first-order valence-electron chi connectivity index (χ1n) is 5.03. The Kier molecular flexibility index (Phi) is 2.78. The fourth-order valence-corrected chi connectivity index (χ4v) is 1.87. The molecule has 3 heteroatoms. The van der Waals surface area contributed by atoms with Gasteiger partial charge in [0.2, 0.25) is 0 Å². The standard InChI is InChI=1S/C11H15BNO/c1-12-10-4-3-5-11-9(10)8-14-7-6-13(11)2/h3-5H,6-8H2,1-2H3. The molecule has 0 saturated carbocycles. The summed E-state index contributed by atoms with van der Waals surface area (Å²) in [6.07, 6.45) is 0. The molecule has 2 rings (SSSR count). The highest BCUT2D eigenvalue weighted by Gasteiger charge is 2.14. The van der Waals surface area contributed by atoms with Crippen molar-refractivity contribution in [2.45, 2.75) is 13.4 Å². The van der Waals surface area contributed by atoms with Gasteiger partial charge in [-0.3, -0.25) is 0 Å². The van der Waals surface area contributed by atoms with E-state index in [0.717, 1.165) is 19.8 Å². The summed E-state index contributed by atoms with van der Waals surface area (Å²) in [5, 5.41) is 0. The predicted molar refractivity (Wildman–Crippen MR) is 60.6 cm³/mol. The van der Waals surface area contributed by atoms with Crippen LogP contribution in [0.2, 0.25) is 6.82 Å². The van der Waals surface area contributed by atoms with Gasteiger partial charge in [-0.05, 0) is 11.6 Å². The lowest BCUT2D eigenvalue weighted by molar-refractivity contribution is 0.133. The van der Waals surface area contributed by atoms with Crippen molar-refractivity contribution in [3.05, 3.63) is 23.8 Å². The monoisotopic (exact) mass is 188 g/mol. The Morgan fingerprint density at radius 1 is 1.43 bits per heavy atom. The zero-order chi connectivity index (χ0) is 9.97. The van der Waals surface area contributed by atoms with Gasteiger partial charge < -0.3 is 9.64 Å². The minimum Gasteiger partial charge on any atom is -0.375 e. The van der Waals surface area contributed by atoms with Gasteiger partial charge in [-0.1, -0.05) is 24.4 Å². The number of rotatable bonds is 1. The average Bonchev–Trinajstić information content (AvgIpc) is 2.41. The molecule has 1 aromatic carbocycles. The van der Waals surface area contributed by atoms with Crippen LogP contribution in [0, 0.1) is 0 Å². The molecule has 1 aliphatic heterocycles. The van der Waals surface area contributed by atoms with Crippen LogP contribution in [-0.2, 0) is 11.3 Å². The highest BCUT2D eigenvalue weighted by Crippen LogP contribution is 2.20. The highest BCUT2D eigenvalue weighted by atomic mass is 16.5. The summed E-state index contributed by atoms with van der Waals surface area (Å²) in [6, 6.07) is 6.41. The highest BCUT2D eigenvalue weighted by molar-refractivity contribution is 6.52. The summed E-state index contributed by atoms with van der Waals surface area (Å²) < 4.78 is 5.57. The number of fused-ring (bicyclic) bond motifs is 1. The van der Waals surface area contributed by atoms with E-state index >= 15 is 0 Å². The Bertz CT molecular complexity index is 327. The number of anilines is 1. The normalized spacial score (nSPS) is 16.0. The molecule has 0 fully saturated rings. The number of ether oxygens (including phenoxy) is 1. The van der Waals surface area contributed by atoms with Crippen molar-refractivity contribution in [1.29, 1.82) is 0 Å². The lowest BCUT2D eigenvalue weighted by atomic mass is 9.70. The Morgan fingerprint density at radius 3 is 3.07 bits per heavy atom. The van der Waals surface area contributed by atoms with Gasteiger partial charge in [0, 0.05) is 19.3 Å². The maximum absolute atomic E-state index is 5.57. The first-order valence-corrected chi connectivity index (χ1v) is 5.03. The number of nitrogens with zero attached hydrogens (tertiary/aromatic N) is 1. The molecule has 1 aromatic rings. The molecule has 0 aliphatic carbocycles. The lowest BCUT2D eigenvalue weighted by Crippen LogP contribution is -2.23. The number of likely N-dealkylation sites (N-methyl/N-ethyl adjacent to an activating group) is 1. The number of hydrogen-bond acceptors (Lipinski definition) is 2. The van der Waals surface area contributed by atoms with Crippen molar-refractivity contribution in [3.8, 4) is 0 Å². The van der Waals surface area contributed by atoms with Gasteiger partial charge in [-0.25, -0.2) is 0 Å². The Balaban J connectivity index is 2.46. The van der Waals surface area contributed by atoms with Gasteiger partial charge in [-0.15, -0.1) is 0 Å². The lowest BCUT2D eigenvalue weighted by Gasteiger charge is -2.19. The topological polar surface area (TPSA) is 12.5 Å². The molecular formula is C11H15BNO. The zero-order valence-corrected chi connectivity index (χ0v) is 8.79. The third-order valence-electron chi connectivity index (χ3n) is 2.73. The molecule has 2 nitrogen and oxygen atoms in total. The van der Waals surface area contributed by atoms with Gasteiger partial charge in [0.1, 0.15) is 7.28 Å². The van der Waals surface area contributed by atoms with Gasteiger partial charge in [0.25, 0.3) is 0 Å². The van der Waals surface area contributed by atoms with Crippen LogP contribution in [0.3, 0.4) is 0 Å². The van der Waals surface area contributed by atoms with E-state index in [1.807, 2.05) is 0 Å². The zero-order valence-electron chi connectivity index (χ0n) is 8.79. The molecule has 0 saturated heterocycles. The molecule has 1 aliphatic rings. The quantitative estimate of drug-likeness (QED) is 0.610. The van der Waals surface area contributed by atoms with Crippen LogP contribution in [0.15, 0.2) is 18.2 Å². The summed E-state index contributed by atoms with van der Waals surface area (Å²) in [5.41, 5.74) is 3.91. The summed E-state index contributed by atoms with van der Waals surface area (Å²) in [6.45, 7) is 4.59. The predicted octanol–water partition coefficient (Wildman–Crippen LogP) is 1.03. The van der Waals surface area contributed by atoms with Gasteiger partial charge in [-0.2, -0.15) is 0 Å². The van der Waals surface area contributed by atoms with Crippen molar-refractivity contribution in [3.63, 3.8) is 0 Å². The molecule has 14 heavy (non-hydrogen) atoms. The molecule has 73 valence electrons. The fraction of sp³-hybridized carbons (Fsp3) is 0.455. The molecule has 0 bridgehead atoms. The number of hydrogen-bond donors (Lipinski definition) is 0. The fourth-order valence-electron chi connectivity index (χ4n) is 1.87. The van der Waals surface area contributed by atoms with E-state index in [-0.39, 0.29) is 0 Å². The van der Waals surface area contributed by atoms with Gasteiger partial charge in [0.05, 0.1) is 13.2 Å². The summed E-state index contributed by atoms with van der Waals surface area (Å²) in [4.78, 5) is 2.26. The smallest absolute Gasteiger partial charge is 0.148 e. The van der Waals surface area contributed by atoms with E-state index in [2.05, 4.69) is 44.2 Å². The van der Waals surface area contributed by atoms with Gasteiger partial charge >= 0.3 is 0 Å². The molecule has 1 heterocycles. The molecule has 0 spiro atoms. The Labute approximate surface area is 86.1 Å². The van der Waals surface area contributed by atoms with E-state index in [0.29, 0.717) is 0 Å². The van der Waals surface area contributed by atoms with Crippen molar-refractivity contribution >= 4 is 18.4 Å². The molecular weight excluding hydrogens is 173 g/mol. The molecule has 0 atom stereocenters. The Morgan fingerprint density at radius 2 is 2.29 bits per heavy atom. The first-order chi connectivity index (χ1) is 6.83. The van der Waals surface area contributed by atoms with Crippen molar-refractivity contribution in [2.24, 2.45) is 0 Å². The molecule has 0 unspecified atom stereocenters. The van der Waals surface area contributed by atoms with Gasteiger partial charge in [0.15, 0.2) is 0 Å². The minimum atomic E-state index is 0.736. The van der Waals surface area contributed by atoms with E-state index in [9.17, 15) is 0 Å². The van der Waals surface area contributed by atoms with Crippen LogP contribution < -0.4 is 10.4 Å². The van der Waals surface area contributed by atoms with E-state index in [4.69, 9.17) is 4.74 Å². The van der Waals surface area contributed by atoms with E-state index < -0.39 is 0 Å². The average molecular weight is 188 g/mol. The SMILES string of the molecule is C[B]c1cccc2c1COCCN2C. The summed E-state index contributed by atoms with van der Waals surface area (Å²) in [5.74, 6) is 0. The second-order valence-electron chi connectivity index (χ2n) is 3.61. The van der Waals surface area contributed by atoms with E-state index in [1.54, 1.807) is 0 Å².